The summed E-state index contributed by atoms with van der Waals surface area (Å²) in [6.45, 7) is 0.223. The molecule has 0 heterocycles. The molecule has 1 rings (SSSR count). The van der Waals surface area contributed by atoms with Gasteiger partial charge in [0.05, 0.1) is 12.7 Å². The largest absolute Gasteiger partial charge is 0.490 e. The van der Waals surface area contributed by atoms with E-state index in [9.17, 15) is 18.0 Å². The molecule has 1 aromatic carbocycles. The zero-order chi connectivity index (χ0) is 22.1. The lowest BCUT2D eigenvalue weighted by atomic mass is 10.2. The predicted molar refractivity (Wildman–Crippen MR) is 113 cm³/mol. The van der Waals surface area contributed by atoms with Gasteiger partial charge in [-0.05, 0) is 50.3 Å². The third-order valence-corrected chi connectivity index (χ3v) is 3.97. The highest BCUT2D eigenvalue weighted by molar-refractivity contribution is 5.69. The van der Waals surface area contributed by atoms with E-state index in [1.54, 1.807) is 6.08 Å². The van der Waals surface area contributed by atoms with Gasteiger partial charge in [0, 0.05) is 6.42 Å². The summed E-state index contributed by atoms with van der Waals surface area (Å²) in [4.78, 5) is 10.9. The van der Waals surface area contributed by atoms with Crippen LogP contribution in [-0.4, -0.2) is 19.7 Å². The van der Waals surface area contributed by atoms with Crippen molar-refractivity contribution in [3.05, 3.63) is 78.4 Å². The summed E-state index contributed by atoms with van der Waals surface area (Å²) in [5.41, 5.74) is -0.714. The Bertz CT molecular complexity index is 731. The number of carbonyl (C=O) groups excluding carboxylic acids is 1. The van der Waals surface area contributed by atoms with Crippen molar-refractivity contribution >= 4 is 5.97 Å². The Balaban J connectivity index is 2.09. The Morgan fingerprint density at radius 2 is 1.53 bits per heavy atom. The van der Waals surface area contributed by atoms with Crippen LogP contribution in [0.5, 0.6) is 5.75 Å². The second kappa shape index (κ2) is 15.1. The third kappa shape index (κ3) is 12.6. The zero-order valence-corrected chi connectivity index (χ0v) is 17.2. The van der Waals surface area contributed by atoms with Crippen molar-refractivity contribution < 1.29 is 27.4 Å². The standard InChI is InChI=1S/C24H29F3O3/c1-29-23(28)18-13-11-9-7-5-3-2-4-6-8-10-12-14-19-30-22-17-15-16-21(20-22)24(25,26)27/h2-3,6-9,12,14-17,20H,4-5,10-11,13,18-19H2,1H3. The molecular formula is C24H29F3O3. The molecule has 0 saturated heterocycles. The quantitative estimate of drug-likeness (QED) is 0.199. The Morgan fingerprint density at radius 1 is 0.933 bits per heavy atom. The van der Waals surface area contributed by atoms with Crippen LogP contribution in [0.3, 0.4) is 0 Å². The monoisotopic (exact) mass is 422 g/mol. The molecule has 0 spiro atoms. The topological polar surface area (TPSA) is 35.5 Å². The Kier molecular flexibility index (Phi) is 12.7. The van der Waals surface area contributed by atoms with E-state index in [2.05, 4.69) is 35.1 Å². The average Bonchev–Trinajstić information content (AvgIpc) is 2.72. The number of hydrogen-bond donors (Lipinski definition) is 0. The predicted octanol–water partition coefficient (Wildman–Crippen LogP) is 6.82. The third-order valence-electron chi connectivity index (χ3n) is 3.97. The van der Waals surface area contributed by atoms with Gasteiger partial charge in [-0.1, -0.05) is 54.7 Å². The van der Waals surface area contributed by atoms with Crippen molar-refractivity contribution in [3.63, 3.8) is 0 Å². The van der Waals surface area contributed by atoms with Crippen LogP contribution < -0.4 is 4.74 Å². The van der Waals surface area contributed by atoms with Gasteiger partial charge in [-0.3, -0.25) is 4.79 Å². The van der Waals surface area contributed by atoms with Gasteiger partial charge in [-0.15, -0.1) is 0 Å². The van der Waals surface area contributed by atoms with Gasteiger partial charge in [0.15, 0.2) is 0 Å². The lowest BCUT2D eigenvalue weighted by molar-refractivity contribution is -0.140. The minimum Gasteiger partial charge on any atom is -0.490 e. The lowest BCUT2D eigenvalue weighted by Crippen LogP contribution is -2.05. The highest BCUT2D eigenvalue weighted by Gasteiger charge is 2.30. The van der Waals surface area contributed by atoms with Crippen LogP contribution >= 0.6 is 0 Å². The van der Waals surface area contributed by atoms with Gasteiger partial charge >= 0.3 is 12.1 Å². The minimum atomic E-state index is -4.36. The van der Waals surface area contributed by atoms with E-state index < -0.39 is 11.7 Å². The van der Waals surface area contributed by atoms with Gasteiger partial charge in [0.25, 0.3) is 0 Å². The SMILES string of the molecule is COC(=O)CCCC=CCC=CCC=CCC=CCOc1cccc(C(F)(F)F)c1. The van der Waals surface area contributed by atoms with Crippen LogP contribution in [0.4, 0.5) is 13.2 Å². The Hall–Kier alpha value is -2.76. The second-order valence-electron chi connectivity index (χ2n) is 6.40. The number of carbonyl (C=O) groups is 1. The Morgan fingerprint density at radius 3 is 2.13 bits per heavy atom. The molecule has 0 saturated carbocycles. The van der Waals surface area contributed by atoms with Gasteiger partial charge in [0.2, 0.25) is 0 Å². The molecule has 0 radical (unpaired) electrons. The summed E-state index contributed by atoms with van der Waals surface area (Å²) < 4.78 is 47.8. The van der Waals surface area contributed by atoms with E-state index in [4.69, 9.17) is 4.74 Å². The summed E-state index contributed by atoms with van der Waals surface area (Å²) in [5.74, 6) is 0.0286. The molecule has 1 aromatic rings. The molecule has 0 unspecified atom stereocenters. The van der Waals surface area contributed by atoms with E-state index in [0.717, 1.165) is 44.2 Å². The molecule has 6 heteroatoms. The maximum absolute atomic E-state index is 12.6. The van der Waals surface area contributed by atoms with Gasteiger partial charge in [-0.25, -0.2) is 0 Å². The molecule has 0 fully saturated rings. The number of methoxy groups -OCH3 is 1. The first kappa shape index (κ1) is 25.3. The minimum absolute atomic E-state index is 0.173. The summed E-state index contributed by atoms with van der Waals surface area (Å²) in [5, 5.41) is 0. The molecule has 0 aliphatic carbocycles. The van der Waals surface area contributed by atoms with Gasteiger partial charge in [0.1, 0.15) is 12.4 Å². The van der Waals surface area contributed by atoms with Crippen LogP contribution in [0.15, 0.2) is 72.9 Å². The number of alkyl halides is 3. The number of rotatable bonds is 13. The molecule has 164 valence electrons. The average molecular weight is 422 g/mol. The van der Waals surface area contributed by atoms with E-state index in [0.29, 0.717) is 6.42 Å². The fourth-order valence-corrected chi connectivity index (χ4v) is 2.37. The molecule has 0 aliphatic rings. The van der Waals surface area contributed by atoms with Crippen molar-refractivity contribution in [3.8, 4) is 5.75 Å². The number of esters is 1. The number of unbranched alkanes of at least 4 members (excludes halogenated alkanes) is 1. The van der Waals surface area contributed by atoms with Crippen LogP contribution in [0.2, 0.25) is 0 Å². The van der Waals surface area contributed by atoms with Gasteiger partial charge in [-0.2, -0.15) is 13.2 Å². The first-order valence-corrected chi connectivity index (χ1v) is 9.90. The maximum Gasteiger partial charge on any atom is 0.416 e. The highest BCUT2D eigenvalue weighted by Crippen LogP contribution is 2.31. The molecular weight excluding hydrogens is 393 g/mol. The summed E-state index contributed by atoms with van der Waals surface area (Å²) in [6, 6.07) is 4.86. The van der Waals surface area contributed by atoms with E-state index in [-0.39, 0.29) is 18.3 Å². The van der Waals surface area contributed by atoms with Gasteiger partial charge < -0.3 is 9.47 Å². The molecule has 0 aliphatic heterocycles. The lowest BCUT2D eigenvalue weighted by Gasteiger charge is -2.08. The fourth-order valence-electron chi connectivity index (χ4n) is 2.37. The normalized spacial score (nSPS) is 12.5. The Labute approximate surface area is 176 Å². The number of ether oxygens (including phenoxy) is 2. The van der Waals surface area contributed by atoms with Crippen LogP contribution in [0, 0.1) is 0 Å². The summed E-state index contributed by atoms with van der Waals surface area (Å²) >= 11 is 0. The number of benzene rings is 1. The zero-order valence-electron chi connectivity index (χ0n) is 17.2. The number of halogens is 3. The number of hydrogen-bond acceptors (Lipinski definition) is 3. The molecule has 0 atom stereocenters. The molecule has 0 aromatic heterocycles. The van der Waals surface area contributed by atoms with Crippen LogP contribution in [0.25, 0.3) is 0 Å². The van der Waals surface area contributed by atoms with E-state index in [1.165, 1.54) is 19.2 Å². The van der Waals surface area contributed by atoms with Crippen LogP contribution in [-0.2, 0) is 15.7 Å². The van der Waals surface area contributed by atoms with E-state index in [1.807, 2.05) is 12.2 Å². The van der Waals surface area contributed by atoms with Crippen LogP contribution in [0.1, 0.15) is 44.1 Å². The van der Waals surface area contributed by atoms with Crippen molar-refractivity contribution in [2.45, 2.75) is 44.7 Å². The molecule has 0 bridgehead atoms. The first-order valence-electron chi connectivity index (χ1n) is 9.90. The molecule has 0 amide bonds. The molecule has 0 N–H and O–H groups in total. The second-order valence-corrected chi connectivity index (χ2v) is 6.40. The molecule has 3 nitrogen and oxygen atoms in total. The first-order chi connectivity index (χ1) is 14.4. The van der Waals surface area contributed by atoms with Crippen molar-refractivity contribution in [1.29, 1.82) is 0 Å². The highest BCUT2D eigenvalue weighted by atomic mass is 19.4. The molecule has 30 heavy (non-hydrogen) atoms. The van der Waals surface area contributed by atoms with Crippen molar-refractivity contribution in [2.24, 2.45) is 0 Å². The van der Waals surface area contributed by atoms with Crippen molar-refractivity contribution in [2.75, 3.05) is 13.7 Å². The summed E-state index contributed by atoms with van der Waals surface area (Å²) in [7, 11) is 1.40. The maximum atomic E-state index is 12.6. The fraction of sp³-hybridized carbons (Fsp3) is 0.375. The number of allylic oxidation sites excluding steroid dienone is 7. The van der Waals surface area contributed by atoms with Crippen molar-refractivity contribution in [1.82, 2.24) is 0 Å². The summed E-state index contributed by atoms with van der Waals surface area (Å²) in [6.07, 6.45) is 16.3. The van der Waals surface area contributed by atoms with E-state index >= 15 is 0 Å². The smallest absolute Gasteiger partial charge is 0.416 e.